The number of hydrogen-bond acceptors (Lipinski definition) is 4. The number of rotatable bonds is 3. The Morgan fingerprint density at radius 1 is 1.25 bits per heavy atom. The second-order valence-corrected chi connectivity index (χ2v) is 5.99. The molecule has 0 unspecified atom stereocenters. The van der Waals surface area contributed by atoms with Crippen molar-refractivity contribution in [2.24, 2.45) is 0 Å². The van der Waals surface area contributed by atoms with Gasteiger partial charge in [0.15, 0.2) is 6.10 Å². The number of carbonyl (C=O) groups excluding carboxylic acids is 1. The zero-order valence-electron chi connectivity index (χ0n) is 12.5. The van der Waals surface area contributed by atoms with Gasteiger partial charge in [0, 0.05) is 12.5 Å². The van der Waals surface area contributed by atoms with Crippen LogP contribution < -0.4 is 4.74 Å². The van der Waals surface area contributed by atoms with Crippen molar-refractivity contribution in [3.8, 4) is 5.75 Å². The van der Waals surface area contributed by atoms with E-state index in [0.717, 1.165) is 17.7 Å². The minimum Gasteiger partial charge on any atom is -0.497 e. The van der Waals surface area contributed by atoms with E-state index in [4.69, 9.17) is 14.2 Å². The highest BCUT2D eigenvalue weighted by Crippen LogP contribution is 2.33. The molecule has 4 heteroatoms. The second kappa shape index (κ2) is 5.83. The second-order valence-electron chi connectivity index (χ2n) is 5.99. The third-order valence-corrected chi connectivity index (χ3v) is 3.27. The highest BCUT2D eigenvalue weighted by Gasteiger charge is 2.38. The summed E-state index contributed by atoms with van der Waals surface area (Å²) in [6, 6.07) is 7.77. The van der Waals surface area contributed by atoms with E-state index in [-0.39, 0.29) is 11.9 Å². The summed E-state index contributed by atoms with van der Waals surface area (Å²) in [5.41, 5.74) is 0.590. The van der Waals surface area contributed by atoms with Crippen molar-refractivity contribution in [3.05, 3.63) is 29.8 Å². The maximum absolute atomic E-state index is 12.2. The lowest BCUT2D eigenvalue weighted by Gasteiger charge is -2.24. The number of hydrogen-bond donors (Lipinski definition) is 0. The lowest BCUT2D eigenvalue weighted by Crippen LogP contribution is -2.34. The Kier molecular flexibility index (Phi) is 4.33. The smallest absolute Gasteiger partial charge is 0.336 e. The van der Waals surface area contributed by atoms with E-state index >= 15 is 0 Å². The number of benzene rings is 1. The molecule has 0 aromatic heterocycles. The number of esters is 1. The molecule has 1 aliphatic heterocycles. The molecule has 0 bridgehead atoms. The highest BCUT2D eigenvalue weighted by molar-refractivity contribution is 5.77. The van der Waals surface area contributed by atoms with Crippen LogP contribution in [0.2, 0.25) is 0 Å². The third kappa shape index (κ3) is 3.51. The van der Waals surface area contributed by atoms with Gasteiger partial charge in [0.2, 0.25) is 0 Å². The van der Waals surface area contributed by atoms with Crippen LogP contribution in [0.5, 0.6) is 5.75 Å². The lowest BCUT2D eigenvalue weighted by molar-refractivity contribution is -0.166. The van der Waals surface area contributed by atoms with Gasteiger partial charge in [-0.3, -0.25) is 0 Å². The van der Waals surface area contributed by atoms with Gasteiger partial charge in [-0.15, -0.1) is 0 Å². The molecule has 20 heavy (non-hydrogen) atoms. The van der Waals surface area contributed by atoms with Gasteiger partial charge in [0.05, 0.1) is 7.11 Å². The van der Waals surface area contributed by atoms with E-state index in [1.54, 1.807) is 7.11 Å². The van der Waals surface area contributed by atoms with Crippen LogP contribution in [0, 0.1) is 0 Å². The Bertz CT molecular complexity index is 458. The summed E-state index contributed by atoms with van der Waals surface area (Å²) in [6.07, 6.45) is 0.318. The van der Waals surface area contributed by atoms with Gasteiger partial charge in [-0.1, -0.05) is 12.1 Å². The Morgan fingerprint density at radius 3 is 2.45 bits per heavy atom. The molecule has 4 nitrogen and oxygen atoms in total. The first-order valence-corrected chi connectivity index (χ1v) is 6.89. The Morgan fingerprint density at radius 2 is 1.90 bits per heavy atom. The van der Waals surface area contributed by atoms with Crippen LogP contribution in [-0.4, -0.2) is 31.4 Å². The molecule has 2 atom stereocenters. The van der Waals surface area contributed by atoms with E-state index in [1.807, 2.05) is 45.0 Å². The molecule has 1 aromatic carbocycles. The van der Waals surface area contributed by atoms with Gasteiger partial charge in [-0.05, 0) is 44.9 Å². The molecule has 0 saturated carbocycles. The van der Waals surface area contributed by atoms with Crippen molar-refractivity contribution < 1.29 is 19.0 Å². The van der Waals surface area contributed by atoms with E-state index < -0.39 is 11.7 Å². The summed E-state index contributed by atoms with van der Waals surface area (Å²) < 4.78 is 16.2. The third-order valence-electron chi connectivity index (χ3n) is 3.27. The predicted octanol–water partition coefficient (Wildman–Crippen LogP) is 2.91. The van der Waals surface area contributed by atoms with Crippen molar-refractivity contribution in [2.75, 3.05) is 13.7 Å². The van der Waals surface area contributed by atoms with Gasteiger partial charge >= 0.3 is 5.97 Å². The quantitative estimate of drug-likeness (QED) is 0.797. The monoisotopic (exact) mass is 278 g/mol. The minimum absolute atomic E-state index is 0.0516. The van der Waals surface area contributed by atoms with Crippen molar-refractivity contribution in [1.82, 2.24) is 0 Å². The van der Waals surface area contributed by atoms with Crippen LogP contribution in [0.15, 0.2) is 24.3 Å². The van der Waals surface area contributed by atoms with E-state index in [2.05, 4.69) is 0 Å². The average Bonchev–Trinajstić information content (AvgIpc) is 2.86. The average molecular weight is 278 g/mol. The molecule has 110 valence electrons. The molecule has 0 radical (unpaired) electrons. The van der Waals surface area contributed by atoms with Gasteiger partial charge in [0.25, 0.3) is 0 Å². The molecule has 1 heterocycles. The molecular formula is C16H22O4. The zero-order chi connectivity index (χ0) is 14.8. The normalized spacial score (nSPS) is 22.6. The lowest BCUT2D eigenvalue weighted by atomic mass is 9.92. The molecule has 0 amide bonds. The van der Waals surface area contributed by atoms with Crippen molar-refractivity contribution in [2.45, 2.75) is 44.8 Å². The summed E-state index contributed by atoms with van der Waals surface area (Å²) in [7, 11) is 1.64. The molecule has 2 rings (SSSR count). The van der Waals surface area contributed by atoms with E-state index in [1.165, 1.54) is 0 Å². The van der Waals surface area contributed by atoms with Crippen LogP contribution in [0.3, 0.4) is 0 Å². The number of methoxy groups -OCH3 is 1. The number of carbonyl (C=O) groups is 1. The summed E-state index contributed by atoms with van der Waals surface area (Å²) in [5.74, 6) is 0.577. The van der Waals surface area contributed by atoms with Crippen molar-refractivity contribution in [1.29, 1.82) is 0 Å². The minimum atomic E-state index is -0.511. The fraction of sp³-hybridized carbons (Fsp3) is 0.562. The predicted molar refractivity (Wildman–Crippen MR) is 75.9 cm³/mol. The molecule has 0 aliphatic carbocycles. The van der Waals surface area contributed by atoms with Crippen molar-refractivity contribution in [3.63, 3.8) is 0 Å². The Balaban J connectivity index is 2.12. The summed E-state index contributed by atoms with van der Waals surface area (Å²) in [4.78, 5) is 12.2. The largest absolute Gasteiger partial charge is 0.497 e. The van der Waals surface area contributed by atoms with Crippen LogP contribution in [0.4, 0.5) is 0 Å². The van der Waals surface area contributed by atoms with Crippen molar-refractivity contribution >= 4 is 5.97 Å². The molecule has 1 saturated heterocycles. The fourth-order valence-corrected chi connectivity index (χ4v) is 2.37. The van der Waals surface area contributed by atoms with Gasteiger partial charge in [-0.25, -0.2) is 4.79 Å². The number of ether oxygens (including phenoxy) is 3. The Labute approximate surface area is 120 Å². The van der Waals surface area contributed by atoms with Gasteiger partial charge in [0.1, 0.15) is 11.4 Å². The summed E-state index contributed by atoms with van der Waals surface area (Å²) in [6.45, 7) is 6.17. The molecule has 0 spiro atoms. The summed E-state index contributed by atoms with van der Waals surface area (Å²) in [5, 5.41) is 0. The molecule has 1 aliphatic rings. The molecular weight excluding hydrogens is 256 g/mol. The SMILES string of the molecule is COc1ccc([C@@H]2CCO[C@H]2C(=O)OC(C)(C)C)cc1. The first-order valence-electron chi connectivity index (χ1n) is 6.89. The van der Waals surface area contributed by atoms with Crippen LogP contribution in [0.1, 0.15) is 38.7 Å². The molecule has 0 N–H and O–H groups in total. The van der Waals surface area contributed by atoms with Crippen LogP contribution in [0.25, 0.3) is 0 Å². The summed E-state index contributed by atoms with van der Waals surface area (Å²) >= 11 is 0. The van der Waals surface area contributed by atoms with E-state index in [9.17, 15) is 4.79 Å². The molecule has 1 fully saturated rings. The first kappa shape index (κ1) is 14.9. The first-order chi connectivity index (χ1) is 9.40. The standard InChI is InChI=1S/C16H22O4/c1-16(2,3)20-15(17)14-13(9-10-19-14)11-5-7-12(18-4)8-6-11/h5-8,13-14H,9-10H2,1-4H3/t13-,14+/m0/s1. The zero-order valence-corrected chi connectivity index (χ0v) is 12.5. The van der Waals surface area contributed by atoms with Crippen LogP contribution >= 0.6 is 0 Å². The topological polar surface area (TPSA) is 44.8 Å². The highest BCUT2D eigenvalue weighted by atomic mass is 16.6. The maximum atomic E-state index is 12.2. The van der Waals surface area contributed by atoms with Crippen LogP contribution in [-0.2, 0) is 14.3 Å². The maximum Gasteiger partial charge on any atom is 0.336 e. The van der Waals surface area contributed by atoms with Gasteiger partial charge in [-0.2, -0.15) is 0 Å². The van der Waals surface area contributed by atoms with Gasteiger partial charge < -0.3 is 14.2 Å². The molecule has 1 aromatic rings. The van der Waals surface area contributed by atoms with E-state index in [0.29, 0.717) is 6.61 Å². The fourth-order valence-electron chi connectivity index (χ4n) is 2.37. The Hall–Kier alpha value is -1.55.